The molecular formula is C22H22BrNO4. The van der Waals surface area contributed by atoms with E-state index in [1.165, 1.54) is 4.90 Å². The minimum absolute atomic E-state index is 0.0104. The van der Waals surface area contributed by atoms with Crippen molar-refractivity contribution in [2.45, 2.75) is 26.0 Å². The van der Waals surface area contributed by atoms with E-state index in [0.29, 0.717) is 16.7 Å². The van der Waals surface area contributed by atoms with Gasteiger partial charge in [-0.25, -0.2) is 4.79 Å². The first-order valence-electron chi connectivity index (χ1n) is 8.95. The van der Waals surface area contributed by atoms with Gasteiger partial charge in [0.05, 0.1) is 10.9 Å². The summed E-state index contributed by atoms with van der Waals surface area (Å²) in [6, 6.07) is 18.7. The number of esters is 1. The van der Waals surface area contributed by atoms with Crippen LogP contribution < -0.4 is 0 Å². The van der Waals surface area contributed by atoms with Crippen LogP contribution in [0, 0.1) is 0 Å². The van der Waals surface area contributed by atoms with Crippen molar-refractivity contribution in [2.75, 3.05) is 12.1 Å². The van der Waals surface area contributed by atoms with Crippen molar-refractivity contribution in [2.24, 2.45) is 0 Å². The second-order valence-electron chi connectivity index (χ2n) is 6.93. The van der Waals surface area contributed by atoms with E-state index in [1.807, 2.05) is 60.7 Å². The Morgan fingerprint density at radius 1 is 1.11 bits per heavy atom. The van der Waals surface area contributed by atoms with Gasteiger partial charge < -0.3 is 9.47 Å². The third kappa shape index (κ3) is 4.12. The van der Waals surface area contributed by atoms with Crippen LogP contribution in [0.3, 0.4) is 0 Å². The molecule has 2 aromatic rings. The Labute approximate surface area is 173 Å². The molecule has 28 heavy (non-hydrogen) atoms. The quantitative estimate of drug-likeness (QED) is 0.497. The Morgan fingerprint density at radius 2 is 1.71 bits per heavy atom. The van der Waals surface area contributed by atoms with E-state index in [0.717, 1.165) is 11.1 Å². The Hall–Kier alpha value is -2.60. The van der Waals surface area contributed by atoms with Crippen molar-refractivity contribution < 1.29 is 19.1 Å². The summed E-state index contributed by atoms with van der Waals surface area (Å²) in [5.74, 6) is -0.183. The van der Waals surface area contributed by atoms with E-state index >= 15 is 0 Å². The van der Waals surface area contributed by atoms with Crippen LogP contribution in [0.4, 0.5) is 0 Å². The highest BCUT2D eigenvalue weighted by Crippen LogP contribution is 2.32. The summed E-state index contributed by atoms with van der Waals surface area (Å²) in [5.41, 5.74) is 0.913. The molecule has 1 amide bonds. The number of carbonyl (C=O) groups excluding carboxylic acids is 2. The molecule has 2 aromatic carbocycles. The number of allylic oxidation sites excluding steroid dienone is 1. The van der Waals surface area contributed by atoms with Crippen LogP contribution in [-0.4, -0.2) is 34.4 Å². The second-order valence-corrected chi connectivity index (χ2v) is 7.49. The molecule has 0 saturated heterocycles. The first kappa shape index (κ1) is 20.1. The molecule has 0 bridgehead atoms. The van der Waals surface area contributed by atoms with Gasteiger partial charge in [-0.15, -0.1) is 0 Å². The van der Waals surface area contributed by atoms with Gasteiger partial charge in [-0.05, 0) is 25.0 Å². The Balaban J connectivity index is 1.81. The van der Waals surface area contributed by atoms with Gasteiger partial charge in [0.25, 0.3) is 5.91 Å². The lowest BCUT2D eigenvalue weighted by Crippen LogP contribution is -2.56. The molecule has 3 rings (SSSR count). The van der Waals surface area contributed by atoms with Gasteiger partial charge in [-0.2, -0.15) is 0 Å². The van der Waals surface area contributed by atoms with E-state index in [1.54, 1.807) is 13.8 Å². The average Bonchev–Trinajstić information content (AvgIpc) is 2.72. The Morgan fingerprint density at radius 3 is 2.32 bits per heavy atom. The van der Waals surface area contributed by atoms with Gasteiger partial charge >= 0.3 is 5.97 Å². The molecule has 0 unspecified atom stereocenters. The van der Waals surface area contributed by atoms with Gasteiger partial charge in [0, 0.05) is 0 Å². The highest BCUT2D eigenvalue weighted by molar-refractivity contribution is 9.09. The minimum atomic E-state index is -1.18. The predicted octanol–water partition coefficient (Wildman–Crippen LogP) is 4.13. The van der Waals surface area contributed by atoms with E-state index in [4.69, 9.17) is 9.47 Å². The molecule has 0 N–H and O–H groups in total. The van der Waals surface area contributed by atoms with E-state index in [9.17, 15) is 9.59 Å². The van der Waals surface area contributed by atoms with Crippen LogP contribution in [-0.2, 0) is 25.7 Å². The number of carbonyl (C=O) groups is 2. The van der Waals surface area contributed by atoms with Crippen LogP contribution >= 0.6 is 15.9 Å². The zero-order valence-electron chi connectivity index (χ0n) is 15.9. The van der Waals surface area contributed by atoms with Crippen molar-refractivity contribution in [1.29, 1.82) is 0 Å². The third-order valence-corrected chi connectivity index (χ3v) is 5.19. The summed E-state index contributed by atoms with van der Waals surface area (Å²) in [5, 5.41) is 0.412. The molecule has 1 heterocycles. The summed E-state index contributed by atoms with van der Waals surface area (Å²) in [4.78, 5) is 27.5. The summed E-state index contributed by atoms with van der Waals surface area (Å²) in [7, 11) is 0. The Bertz CT molecular complexity index is 878. The highest BCUT2D eigenvalue weighted by atomic mass is 79.9. The molecule has 0 fully saturated rings. The molecule has 0 saturated carbocycles. The molecule has 1 aliphatic heterocycles. The maximum Gasteiger partial charge on any atom is 0.331 e. The minimum Gasteiger partial charge on any atom is -0.476 e. The highest BCUT2D eigenvalue weighted by Gasteiger charge is 2.43. The lowest BCUT2D eigenvalue weighted by Gasteiger charge is -2.39. The zero-order chi connectivity index (χ0) is 20.1. The smallest absolute Gasteiger partial charge is 0.331 e. The molecule has 0 aromatic heterocycles. The number of ether oxygens (including phenoxy) is 2. The van der Waals surface area contributed by atoms with Crippen molar-refractivity contribution in [3.63, 3.8) is 0 Å². The van der Waals surface area contributed by atoms with Crippen molar-refractivity contribution in [1.82, 2.24) is 4.90 Å². The predicted molar refractivity (Wildman–Crippen MR) is 110 cm³/mol. The first-order chi connectivity index (χ1) is 13.4. The molecule has 5 nitrogen and oxygen atoms in total. The lowest BCUT2D eigenvalue weighted by atomic mass is 9.97. The standard InChI is InChI=1S/C22H22BrNO4/c1-22(2,21(26)27-14-16-9-5-3-6-10-16)24-15-28-18(13-23)19(20(24)25)17-11-7-4-8-12-17/h3-12H,13-15H2,1-2H3. The van der Waals surface area contributed by atoms with Crippen molar-refractivity contribution in [3.8, 4) is 0 Å². The molecule has 0 aliphatic carbocycles. The summed E-state index contributed by atoms with van der Waals surface area (Å²) >= 11 is 3.38. The van der Waals surface area contributed by atoms with Gasteiger partial charge in [0.1, 0.15) is 17.9 Å². The SMILES string of the molecule is CC(C)(C(=O)OCc1ccccc1)N1COC(CBr)=C(c2ccccc2)C1=O. The van der Waals surface area contributed by atoms with Crippen LogP contribution in [0.2, 0.25) is 0 Å². The average molecular weight is 444 g/mol. The lowest BCUT2D eigenvalue weighted by molar-refractivity contribution is -0.166. The van der Waals surface area contributed by atoms with Crippen LogP contribution in [0.1, 0.15) is 25.0 Å². The summed E-state index contributed by atoms with van der Waals surface area (Å²) in [6.45, 7) is 3.48. The van der Waals surface area contributed by atoms with Gasteiger partial charge in [0.15, 0.2) is 6.73 Å². The number of nitrogens with zero attached hydrogens (tertiary/aromatic N) is 1. The number of alkyl halides is 1. The Kier molecular flexibility index (Phi) is 6.19. The number of hydrogen-bond acceptors (Lipinski definition) is 4. The van der Waals surface area contributed by atoms with Crippen molar-refractivity contribution >= 4 is 33.4 Å². The fraction of sp³-hybridized carbons (Fsp3) is 0.273. The third-order valence-electron chi connectivity index (χ3n) is 4.68. The maximum atomic E-state index is 13.3. The van der Waals surface area contributed by atoms with Gasteiger partial charge in [0.2, 0.25) is 0 Å². The number of rotatable bonds is 6. The normalized spacial score (nSPS) is 14.7. The topological polar surface area (TPSA) is 55.8 Å². The molecule has 0 radical (unpaired) electrons. The van der Waals surface area contributed by atoms with Crippen LogP contribution in [0.5, 0.6) is 0 Å². The zero-order valence-corrected chi connectivity index (χ0v) is 17.4. The largest absolute Gasteiger partial charge is 0.476 e. The van der Waals surface area contributed by atoms with E-state index < -0.39 is 11.5 Å². The molecular weight excluding hydrogens is 422 g/mol. The molecule has 1 aliphatic rings. The summed E-state index contributed by atoms with van der Waals surface area (Å²) in [6.07, 6.45) is 0. The first-order valence-corrected chi connectivity index (χ1v) is 10.1. The van der Waals surface area contributed by atoms with Gasteiger partial charge in [-0.3, -0.25) is 9.69 Å². The summed E-state index contributed by atoms with van der Waals surface area (Å²) < 4.78 is 11.3. The van der Waals surface area contributed by atoms with Crippen LogP contribution in [0.15, 0.2) is 66.4 Å². The second kappa shape index (κ2) is 8.61. The molecule has 6 heteroatoms. The molecule has 0 atom stereocenters. The van der Waals surface area contributed by atoms with Crippen molar-refractivity contribution in [3.05, 3.63) is 77.5 Å². The monoisotopic (exact) mass is 443 g/mol. The maximum absolute atomic E-state index is 13.3. The number of amides is 1. The van der Waals surface area contributed by atoms with E-state index in [2.05, 4.69) is 15.9 Å². The van der Waals surface area contributed by atoms with E-state index in [-0.39, 0.29) is 19.2 Å². The number of hydrogen-bond donors (Lipinski definition) is 0. The molecule has 0 spiro atoms. The number of benzene rings is 2. The molecule has 146 valence electrons. The number of halogens is 1. The van der Waals surface area contributed by atoms with Crippen LogP contribution in [0.25, 0.3) is 5.57 Å². The fourth-order valence-corrected chi connectivity index (χ4v) is 3.39. The fourth-order valence-electron chi connectivity index (χ4n) is 2.95. The van der Waals surface area contributed by atoms with Gasteiger partial charge in [-0.1, -0.05) is 76.6 Å².